The number of rotatable bonds is 1. The summed E-state index contributed by atoms with van der Waals surface area (Å²) in [4.78, 5) is 0. The fourth-order valence-electron chi connectivity index (χ4n) is 0.949. The van der Waals surface area contributed by atoms with Gasteiger partial charge in [-0.25, -0.2) is 0 Å². The maximum atomic E-state index is 5.34. The van der Waals surface area contributed by atoms with Crippen LogP contribution < -0.4 is 0 Å². The van der Waals surface area contributed by atoms with Crippen molar-refractivity contribution in [3.8, 4) is 0 Å². The first-order valence-electron chi connectivity index (χ1n) is 3.29. The summed E-state index contributed by atoms with van der Waals surface area (Å²) in [5, 5.41) is 0. The molecule has 0 amide bonds. The van der Waals surface area contributed by atoms with Crippen LogP contribution >= 0.6 is 0 Å². The first-order valence-corrected chi connectivity index (χ1v) is 3.29. The van der Waals surface area contributed by atoms with E-state index in [1.807, 2.05) is 18.4 Å². The first-order chi connectivity index (χ1) is 4.66. The molecule has 0 unspecified atom stereocenters. The van der Waals surface area contributed by atoms with E-state index in [4.69, 9.17) is 6.58 Å². The van der Waals surface area contributed by atoms with Crippen molar-refractivity contribution in [3.05, 3.63) is 29.6 Å². The van der Waals surface area contributed by atoms with E-state index in [1.165, 1.54) is 23.0 Å². The summed E-state index contributed by atoms with van der Waals surface area (Å²) in [5.74, 6) is 0. The van der Waals surface area contributed by atoms with Gasteiger partial charge in [0.2, 0.25) is 0 Å². The van der Waals surface area contributed by atoms with Crippen LogP contribution in [0, 0.1) is 33.5 Å². The molecule has 0 fully saturated rings. The fourth-order valence-corrected chi connectivity index (χ4v) is 0.949. The Morgan fingerprint density at radius 3 is 2.09 bits per heavy atom. The molecule has 0 aliphatic heterocycles. The molecule has 1 nitrogen and oxygen atoms in total. The van der Waals surface area contributed by atoms with Crippen molar-refractivity contribution in [3.63, 3.8) is 0 Å². The van der Waals surface area contributed by atoms with E-state index >= 15 is 0 Å². The summed E-state index contributed by atoms with van der Waals surface area (Å²) < 4.78 is 1.81. The molecule has 0 aliphatic carbocycles. The summed E-state index contributed by atoms with van der Waals surface area (Å²) in [5.41, 5.74) is 3.60. The number of nitrogens with zero attached hydrogens (tertiary/aromatic N) is 1. The predicted octanol–water partition coefficient (Wildman–Crippen LogP) is 2.11. The van der Waals surface area contributed by atoms with Gasteiger partial charge in [-0.05, 0) is 0 Å². The molecule has 0 aromatic carbocycles. The molecule has 57 valence electrons. The van der Waals surface area contributed by atoms with Gasteiger partial charge in [-0.15, -0.1) is 16.8 Å². The minimum Gasteiger partial charge on any atom is -0.551 e. The molecule has 11 heavy (non-hydrogen) atoms. The molecular formula is C9H11NY-2. The standard InChI is InChI=1S/C9H11N.Y/c1-5-10-6-7(2)8(3)9(10)4;/h1,5H,2-4H3;/q-2;. The van der Waals surface area contributed by atoms with Gasteiger partial charge < -0.3 is 11.1 Å². The van der Waals surface area contributed by atoms with E-state index < -0.39 is 0 Å². The molecule has 0 N–H and O–H groups in total. The van der Waals surface area contributed by atoms with Crippen LogP contribution in [0.1, 0.15) is 16.8 Å². The summed E-state index contributed by atoms with van der Waals surface area (Å²) in [6, 6.07) is 0. The molecule has 1 aromatic rings. The van der Waals surface area contributed by atoms with Gasteiger partial charge in [-0.1, -0.05) is 27.0 Å². The summed E-state index contributed by atoms with van der Waals surface area (Å²) >= 11 is 0. The van der Waals surface area contributed by atoms with Gasteiger partial charge in [0.25, 0.3) is 0 Å². The van der Waals surface area contributed by atoms with Crippen molar-refractivity contribution in [2.45, 2.75) is 20.8 Å². The van der Waals surface area contributed by atoms with Gasteiger partial charge in [-0.3, -0.25) is 6.20 Å². The molecule has 1 aromatic heterocycles. The van der Waals surface area contributed by atoms with Crippen LogP contribution in [0.25, 0.3) is 6.20 Å². The fraction of sp³-hybridized carbons (Fsp3) is 0.333. The topological polar surface area (TPSA) is 4.93 Å². The molecule has 0 atom stereocenters. The van der Waals surface area contributed by atoms with Crippen molar-refractivity contribution in [1.82, 2.24) is 4.57 Å². The van der Waals surface area contributed by atoms with Crippen LogP contribution in [-0.2, 0) is 32.7 Å². The minimum atomic E-state index is 0. The smallest absolute Gasteiger partial charge is 0 e. The average Bonchev–Trinajstić information content (AvgIpc) is 2.17. The molecule has 0 saturated carbocycles. The molecule has 0 spiro atoms. The van der Waals surface area contributed by atoms with Crippen LogP contribution in [0.4, 0.5) is 0 Å². The monoisotopic (exact) mass is 222 g/mol. The Morgan fingerprint density at radius 1 is 1.36 bits per heavy atom. The van der Waals surface area contributed by atoms with E-state index in [0.717, 1.165) is 0 Å². The van der Waals surface area contributed by atoms with E-state index in [2.05, 4.69) is 13.1 Å². The van der Waals surface area contributed by atoms with Gasteiger partial charge in [0.15, 0.2) is 0 Å². The Labute approximate surface area is 93.4 Å². The normalized spacial score (nSPS) is 9.00. The Balaban J connectivity index is 0.000001000. The van der Waals surface area contributed by atoms with E-state index in [1.54, 1.807) is 0 Å². The maximum absolute atomic E-state index is 5.34. The second kappa shape index (κ2) is 4.22. The van der Waals surface area contributed by atoms with Gasteiger partial charge >= 0.3 is 0 Å². The quantitative estimate of drug-likeness (QED) is 0.641. The number of hydrogen-bond donors (Lipinski definition) is 0. The van der Waals surface area contributed by atoms with Gasteiger partial charge in [-0.2, -0.15) is 0 Å². The maximum Gasteiger partial charge on any atom is 0 e. The van der Waals surface area contributed by atoms with Gasteiger partial charge in [0.1, 0.15) is 0 Å². The van der Waals surface area contributed by atoms with Gasteiger partial charge in [0, 0.05) is 32.7 Å². The summed E-state index contributed by atoms with van der Waals surface area (Å²) in [6.07, 6.45) is 4.62. The number of hydrogen-bond acceptors (Lipinski definition) is 0. The van der Waals surface area contributed by atoms with E-state index in [9.17, 15) is 0 Å². The summed E-state index contributed by atoms with van der Waals surface area (Å²) in [6.45, 7) is 11.5. The third-order valence-corrected chi connectivity index (χ3v) is 1.90. The predicted molar refractivity (Wildman–Crippen MR) is 42.5 cm³/mol. The zero-order chi connectivity index (χ0) is 7.72. The Hall–Kier alpha value is 0.124. The van der Waals surface area contributed by atoms with Crippen molar-refractivity contribution in [2.24, 2.45) is 0 Å². The Bertz CT molecular complexity index is 261. The average molecular weight is 222 g/mol. The molecule has 0 aliphatic rings. The Kier molecular flexibility index (Phi) is 4.27. The van der Waals surface area contributed by atoms with Crippen LogP contribution in [-0.4, -0.2) is 4.57 Å². The largest absolute Gasteiger partial charge is 0.551 e. The third kappa shape index (κ3) is 2.03. The third-order valence-electron chi connectivity index (χ3n) is 1.90. The van der Waals surface area contributed by atoms with E-state index in [-0.39, 0.29) is 32.7 Å². The molecule has 1 radical (unpaired) electrons. The minimum absolute atomic E-state index is 0. The molecule has 0 saturated heterocycles. The summed E-state index contributed by atoms with van der Waals surface area (Å²) in [7, 11) is 0. The molecule has 0 bridgehead atoms. The number of aryl methyl sites for hydroxylation is 1. The molecule has 1 heterocycles. The van der Waals surface area contributed by atoms with Crippen LogP contribution in [0.5, 0.6) is 0 Å². The van der Waals surface area contributed by atoms with Crippen LogP contribution in [0.3, 0.4) is 0 Å². The Morgan fingerprint density at radius 2 is 1.91 bits per heavy atom. The van der Waals surface area contributed by atoms with Gasteiger partial charge in [0.05, 0.1) is 0 Å². The van der Waals surface area contributed by atoms with Crippen molar-refractivity contribution < 1.29 is 32.7 Å². The zero-order valence-electron chi connectivity index (χ0n) is 7.18. The first kappa shape index (κ1) is 11.1. The SMILES string of the molecule is [CH-]=Cn1[c-]c(C)c(C)c1C.[Y]. The molecular weight excluding hydrogens is 211 g/mol. The van der Waals surface area contributed by atoms with Crippen molar-refractivity contribution in [1.29, 1.82) is 0 Å². The van der Waals surface area contributed by atoms with Crippen molar-refractivity contribution in [2.75, 3.05) is 0 Å². The van der Waals surface area contributed by atoms with Crippen LogP contribution in [0.2, 0.25) is 0 Å². The second-order valence-corrected chi connectivity index (χ2v) is 2.47. The number of aromatic nitrogens is 1. The van der Waals surface area contributed by atoms with E-state index in [0.29, 0.717) is 0 Å². The molecule has 1 rings (SSSR count). The van der Waals surface area contributed by atoms with Crippen molar-refractivity contribution >= 4 is 6.20 Å². The molecule has 2 heteroatoms. The second-order valence-electron chi connectivity index (χ2n) is 2.47. The van der Waals surface area contributed by atoms with Crippen LogP contribution in [0.15, 0.2) is 0 Å². The zero-order valence-corrected chi connectivity index (χ0v) is 10.0.